The summed E-state index contributed by atoms with van der Waals surface area (Å²) in [6.45, 7) is 6.28. The molecule has 2 heterocycles. The number of anilines is 1. The van der Waals surface area contributed by atoms with E-state index in [0.717, 1.165) is 34.2 Å². The third-order valence-corrected chi connectivity index (χ3v) is 6.48. The van der Waals surface area contributed by atoms with Crippen LogP contribution in [0.1, 0.15) is 41.0 Å². The molecule has 4 aromatic rings. The lowest BCUT2D eigenvalue weighted by atomic mass is 9.95. The van der Waals surface area contributed by atoms with E-state index in [0.29, 0.717) is 22.9 Å². The lowest BCUT2D eigenvalue weighted by Crippen LogP contribution is -2.17. The van der Waals surface area contributed by atoms with Gasteiger partial charge in [0.25, 0.3) is 5.91 Å². The van der Waals surface area contributed by atoms with Crippen molar-refractivity contribution in [2.24, 2.45) is 7.05 Å². The van der Waals surface area contributed by atoms with Gasteiger partial charge in [0.15, 0.2) is 5.75 Å². The number of carbonyl (C=O) groups excluding carboxylic acids is 1. The van der Waals surface area contributed by atoms with Gasteiger partial charge < -0.3 is 19.7 Å². The van der Waals surface area contributed by atoms with Gasteiger partial charge in [-0.3, -0.25) is 4.79 Å². The van der Waals surface area contributed by atoms with Crippen molar-refractivity contribution < 1.29 is 14.6 Å². The molecule has 0 aliphatic carbocycles. The van der Waals surface area contributed by atoms with Crippen molar-refractivity contribution in [2.75, 3.05) is 5.32 Å². The number of nitrogens with zero attached hydrogens (tertiary/aromatic N) is 1. The Labute approximate surface area is 185 Å². The fraction of sp³-hybridized carbons (Fsp3) is 0.240. The number of carbonyl (C=O) groups is 1. The van der Waals surface area contributed by atoms with Crippen LogP contribution in [0.25, 0.3) is 10.2 Å². The normalized spacial score (nSPS) is 11.1. The van der Waals surface area contributed by atoms with Crippen LogP contribution in [-0.4, -0.2) is 15.6 Å². The molecule has 0 aliphatic heterocycles. The van der Waals surface area contributed by atoms with E-state index in [1.54, 1.807) is 35.6 Å². The zero-order chi connectivity index (χ0) is 22.1. The number of hydrogen-bond donors (Lipinski definition) is 2. The number of aromatic hydroxyl groups is 1. The van der Waals surface area contributed by atoms with Crippen LogP contribution in [0.3, 0.4) is 0 Å². The van der Waals surface area contributed by atoms with Crippen molar-refractivity contribution in [3.8, 4) is 17.2 Å². The summed E-state index contributed by atoms with van der Waals surface area (Å²) in [5, 5.41) is 14.7. The monoisotopic (exact) mass is 434 g/mol. The van der Waals surface area contributed by atoms with Gasteiger partial charge in [0, 0.05) is 12.6 Å². The molecule has 0 radical (unpaired) electrons. The summed E-state index contributed by atoms with van der Waals surface area (Å²) in [4.78, 5) is 13.2. The summed E-state index contributed by atoms with van der Waals surface area (Å²) in [7, 11) is 1.90. The molecule has 1 amide bonds. The molecule has 31 heavy (non-hydrogen) atoms. The van der Waals surface area contributed by atoms with E-state index in [9.17, 15) is 9.90 Å². The first-order valence-electron chi connectivity index (χ1n) is 10.4. The molecular formula is C25H26N2O3S. The van der Waals surface area contributed by atoms with E-state index >= 15 is 0 Å². The molecule has 0 spiro atoms. The van der Waals surface area contributed by atoms with Crippen LogP contribution >= 0.6 is 11.3 Å². The third kappa shape index (κ3) is 3.91. The Morgan fingerprint density at radius 1 is 1.10 bits per heavy atom. The predicted octanol–water partition coefficient (Wildman–Crippen LogP) is 6.42. The van der Waals surface area contributed by atoms with Gasteiger partial charge in [0.1, 0.15) is 17.2 Å². The van der Waals surface area contributed by atoms with Crippen molar-refractivity contribution in [1.82, 2.24) is 4.57 Å². The fourth-order valence-electron chi connectivity index (χ4n) is 4.07. The number of ether oxygens (including phenoxy) is 1. The van der Waals surface area contributed by atoms with E-state index in [1.165, 1.54) is 5.56 Å². The Kier molecular flexibility index (Phi) is 5.74. The van der Waals surface area contributed by atoms with Gasteiger partial charge in [-0.25, -0.2) is 0 Å². The highest BCUT2D eigenvalue weighted by atomic mass is 32.1. The highest BCUT2D eigenvalue weighted by Crippen LogP contribution is 2.39. The van der Waals surface area contributed by atoms with E-state index in [4.69, 9.17) is 4.74 Å². The second kappa shape index (κ2) is 8.47. The number of nitrogens with one attached hydrogen (secondary N) is 1. The van der Waals surface area contributed by atoms with E-state index in [-0.39, 0.29) is 11.7 Å². The van der Waals surface area contributed by atoms with Gasteiger partial charge in [0.05, 0.1) is 15.9 Å². The van der Waals surface area contributed by atoms with Gasteiger partial charge in [-0.2, -0.15) is 0 Å². The minimum absolute atomic E-state index is 0.174. The lowest BCUT2D eigenvalue weighted by molar-refractivity contribution is 0.101. The number of rotatable bonds is 6. The molecule has 0 saturated heterocycles. The summed E-state index contributed by atoms with van der Waals surface area (Å²) >= 11 is 1.62. The zero-order valence-electron chi connectivity index (χ0n) is 18.2. The van der Waals surface area contributed by atoms with Crippen LogP contribution in [0.2, 0.25) is 0 Å². The molecule has 5 nitrogen and oxygen atoms in total. The van der Waals surface area contributed by atoms with Crippen molar-refractivity contribution in [3.63, 3.8) is 0 Å². The predicted molar refractivity (Wildman–Crippen MR) is 127 cm³/mol. The molecule has 0 saturated carbocycles. The lowest BCUT2D eigenvalue weighted by Gasteiger charge is -2.21. The molecule has 0 unspecified atom stereocenters. The summed E-state index contributed by atoms with van der Waals surface area (Å²) in [5.41, 5.74) is 5.73. The van der Waals surface area contributed by atoms with Crippen molar-refractivity contribution in [1.29, 1.82) is 0 Å². The number of fused-ring (bicyclic) bond motifs is 1. The standard InChI is InChI=1S/C25H26N2O3S/c1-5-18-15(3)13-20(24(19(18)6-2)30-17-9-7-16(28)8-10-17)26-25(29)22-14-23-21(27(22)4)11-12-31-23/h7-14,28H,5-6H2,1-4H3,(H,26,29). The first-order valence-corrected chi connectivity index (χ1v) is 11.3. The topological polar surface area (TPSA) is 63.5 Å². The Balaban J connectivity index is 1.77. The van der Waals surface area contributed by atoms with Crippen LogP contribution in [0.15, 0.2) is 47.8 Å². The Morgan fingerprint density at radius 2 is 1.81 bits per heavy atom. The van der Waals surface area contributed by atoms with Gasteiger partial charge >= 0.3 is 0 Å². The first-order chi connectivity index (χ1) is 14.9. The molecule has 2 N–H and O–H groups in total. The zero-order valence-corrected chi connectivity index (χ0v) is 19.0. The molecule has 0 fully saturated rings. The van der Waals surface area contributed by atoms with E-state index < -0.39 is 0 Å². The number of aromatic nitrogens is 1. The van der Waals surface area contributed by atoms with Crippen LogP contribution in [0, 0.1) is 6.92 Å². The number of aryl methyl sites for hydroxylation is 2. The molecule has 0 bridgehead atoms. The Morgan fingerprint density at radius 3 is 2.45 bits per heavy atom. The summed E-state index contributed by atoms with van der Waals surface area (Å²) in [6.07, 6.45) is 1.66. The molecule has 6 heteroatoms. The molecule has 0 atom stereocenters. The average molecular weight is 435 g/mol. The number of hydrogen-bond acceptors (Lipinski definition) is 4. The molecule has 160 valence electrons. The van der Waals surface area contributed by atoms with Crippen molar-refractivity contribution >= 4 is 33.1 Å². The number of phenols is 1. The fourth-order valence-corrected chi connectivity index (χ4v) is 4.92. The van der Waals surface area contributed by atoms with Crippen molar-refractivity contribution in [2.45, 2.75) is 33.6 Å². The third-order valence-electron chi connectivity index (χ3n) is 5.63. The van der Waals surface area contributed by atoms with Gasteiger partial charge in [0.2, 0.25) is 0 Å². The van der Waals surface area contributed by atoms with Crippen LogP contribution in [-0.2, 0) is 19.9 Å². The first kappa shape index (κ1) is 21.0. The number of amides is 1. The largest absolute Gasteiger partial charge is 0.508 e. The SMILES string of the molecule is CCc1c(C)cc(NC(=O)c2cc3sccc3n2C)c(Oc2ccc(O)cc2)c1CC. The summed E-state index contributed by atoms with van der Waals surface area (Å²) in [5.74, 6) is 1.26. The number of benzene rings is 2. The Bertz CT molecular complexity index is 1250. The van der Waals surface area contributed by atoms with Gasteiger partial charge in [-0.15, -0.1) is 11.3 Å². The summed E-state index contributed by atoms with van der Waals surface area (Å²) < 4.78 is 9.26. The van der Waals surface area contributed by atoms with Gasteiger partial charge in [-0.1, -0.05) is 13.8 Å². The number of thiophene rings is 1. The second-order valence-corrected chi connectivity index (χ2v) is 8.49. The Hall–Kier alpha value is -3.25. The maximum atomic E-state index is 13.2. The highest BCUT2D eigenvalue weighted by Gasteiger charge is 2.21. The quantitative estimate of drug-likeness (QED) is 0.368. The van der Waals surface area contributed by atoms with Gasteiger partial charge in [-0.05, 0) is 78.7 Å². The maximum absolute atomic E-state index is 13.2. The maximum Gasteiger partial charge on any atom is 0.272 e. The molecule has 2 aromatic carbocycles. The van der Waals surface area contributed by atoms with Crippen LogP contribution < -0.4 is 10.1 Å². The highest BCUT2D eigenvalue weighted by molar-refractivity contribution is 7.17. The molecule has 2 aromatic heterocycles. The molecular weight excluding hydrogens is 408 g/mol. The van der Waals surface area contributed by atoms with Crippen LogP contribution in [0.5, 0.6) is 17.2 Å². The minimum atomic E-state index is -0.174. The average Bonchev–Trinajstić information content (AvgIpc) is 3.34. The van der Waals surface area contributed by atoms with Crippen molar-refractivity contribution in [3.05, 3.63) is 70.2 Å². The second-order valence-electron chi connectivity index (χ2n) is 7.54. The van der Waals surface area contributed by atoms with E-state index in [1.807, 2.05) is 35.2 Å². The molecule has 0 aliphatic rings. The molecule has 4 rings (SSSR count). The van der Waals surface area contributed by atoms with E-state index in [2.05, 4.69) is 26.1 Å². The minimum Gasteiger partial charge on any atom is -0.508 e. The van der Waals surface area contributed by atoms with Crippen LogP contribution in [0.4, 0.5) is 5.69 Å². The number of phenolic OH excluding ortho intramolecular Hbond substituents is 1. The summed E-state index contributed by atoms with van der Waals surface area (Å²) in [6, 6.07) is 12.5. The smallest absolute Gasteiger partial charge is 0.272 e.